The molecule has 3 amide bonds. The van der Waals surface area contributed by atoms with Gasteiger partial charge in [0.1, 0.15) is 12.3 Å². The van der Waals surface area contributed by atoms with Gasteiger partial charge in [0, 0.05) is 36.6 Å². The van der Waals surface area contributed by atoms with Gasteiger partial charge in [-0.15, -0.1) is 0 Å². The Morgan fingerprint density at radius 3 is 2.33 bits per heavy atom. The predicted octanol–water partition coefficient (Wildman–Crippen LogP) is 4.96. The number of rotatable bonds is 17. The second-order valence-corrected chi connectivity index (χ2v) is 14.2. The summed E-state index contributed by atoms with van der Waals surface area (Å²) < 4.78 is 1.84. The summed E-state index contributed by atoms with van der Waals surface area (Å²) >= 11 is 7.48. The smallest absolute Gasteiger partial charge is 0.243 e. The van der Waals surface area contributed by atoms with Gasteiger partial charge in [0.25, 0.3) is 0 Å². The fourth-order valence-electron chi connectivity index (χ4n) is 4.58. The molecule has 4 N–H and O–H groups in total. The van der Waals surface area contributed by atoms with Gasteiger partial charge in [0.15, 0.2) is 0 Å². The summed E-state index contributed by atoms with van der Waals surface area (Å²) in [5, 5.41) is 10.4. The van der Waals surface area contributed by atoms with Gasteiger partial charge in [-0.05, 0) is 107 Å². The van der Waals surface area contributed by atoms with E-state index < -0.39 is 12.1 Å². The third-order valence-corrected chi connectivity index (χ3v) is 8.05. The fraction of sp³-hybridized carbons (Fsp3) is 0.583. The Labute approximate surface area is 302 Å². The minimum atomic E-state index is -0.669. The molecule has 2 unspecified atom stereocenters. The van der Waals surface area contributed by atoms with Crippen molar-refractivity contribution in [2.45, 2.75) is 78.3 Å². The average molecular weight is 720 g/mol. The molecule has 1 saturated carbocycles. The summed E-state index contributed by atoms with van der Waals surface area (Å²) in [7, 11) is 5.29. The van der Waals surface area contributed by atoms with Crippen LogP contribution in [-0.2, 0) is 19.2 Å². The lowest BCUT2D eigenvalue weighted by Crippen LogP contribution is -2.53. The number of unbranched alkanes of at least 4 members (excludes halogenated alkanes) is 1. The van der Waals surface area contributed by atoms with E-state index >= 15 is 0 Å². The SMILES string of the molecule is CC(C)C.CN(C)CC(=O)NCCC/C=C/CCC(C(=O)NCC=O)N(C)C(=O)C(N)C1CC1.CSn1cc(-c2ccc(Cl)cc2C)cn1. The van der Waals surface area contributed by atoms with Gasteiger partial charge in [-0.1, -0.05) is 50.6 Å². The van der Waals surface area contributed by atoms with Crippen molar-refractivity contribution in [2.24, 2.45) is 17.6 Å². The molecular formula is C36H58ClN7O4S. The van der Waals surface area contributed by atoms with Crippen molar-refractivity contribution in [3.05, 3.63) is 53.3 Å². The van der Waals surface area contributed by atoms with Gasteiger partial charge in [-0.2, -0.15) is 5.10 Å². The number of benzene rings is 1. The van der Waals surface area contributed by atoms with E-state index in [1.54, 1.807) is 19.0 Å². The van der Waals surface area contributed by atoms with Gasteiger partial charge in [0.2, 0.25) is 17.7 Å². The Bertz CT molecular complexity index is 1330. The topological polar surface area (TPSA) is 143 Å². The third kappa shape index (κ3) is 18.4. The molecule has 0 spiro atoms. The number of hydrogen-bond donors (Lipinski definition) is 3. The number of nitrogens with one attached hydrogen (secondary N) is 2. The van der Waals surface area contributed by atoms with Crippen molar-refractivity contribution >= 4 is 47.6 Å². The quantitative estimate of drug-likeness (QED) is 0.118. The van der Waals surface area contributed by atoms with E-state index in [9.17, 15) is 19.2 Å². The standard InChI is InChI=1S/C21H37N5O4.C11H11ClN2S.C4H10/c1-25(2)15-18(28)23-12-8-6-4-5-7-9-17(20(29)24-13-14-27)26(3)21(30)19(22)16-10-11-16;1-8-5-10(12)3-4-11(8)9-6-13-14(7-9)15-2;1-4(2)3/h4-5,14,16-17,19H,6-13,15,22H2,1-3H3,(H,23,28)(H,24,29);3-7H,1-2H3;4H,1-3H3/b5-4+;;. The van der Waals surface area contributed by atoms with E-state index in [0.29, 0.717) is 32.2 Å². The number of hydrogen-bond acceptors (Lipinski definition) is 8. The largest absolute Gasteiger partial charge is 0.355 e. The van der Waals surface area contributed by atoms with Crippen molar-refractivity contribution in [1.29, 1.82) is 0 Å². The van der Waals surface area contributed by atoms with Crippen LogP contribution in [0.5, 0.6) is 0 Å². The number of amides is 3. The van der Waals surface area contributed by atoms with Crippen LogP contribution in [0.15, 0.2) is 42.7 Å². The maximum atomic E-state index is 12.6. The van der Waals surface area contributed by atoms with Gasteiger partial charge < -0.3 is 31.0 Å². The zero-order valence-electron chi connectivity index (χ0n) is 30.6. The molecule has 274 valence electrons. The van der Waals surface area contributed by atoms with Crippen LogP contribution in [0.2, 0.25) is 5.02 Å². The molecule has 1 aliphatic rings. The van der Waals surface area contributed by atoms with Gasteiger partial charge in [-0.3, -0.25) is 14.4 Å². The molecule has 3 rings (SSSR count). The summed E-state index contributed by atoms with van der Waals surface area (Å²) in [5.74, 6) is 0.459. The number of aldehydes is 1. The zero-order valence-corrected chi connectivity index (χ0v) is 32.2. The first-order valence-corrected chi connectivity index (χ1v) is 18.4. The van der Waals surface area contributed by atoms with Crippen LogP contribution in [0.3, 0.4) is 0 Å². The van der Waals surface area contributed by atoms with E-state index in [1.165, 1.54) is 16.0 Å². The molecule has 1 aromatic carbocycles. The number of aromatic nitrogens is 2. The second kappa shape index (κ2) is 24.0. The molecule has 49 heavy (non-hydrogen) atoms. The Kier molecular flexibility index (Phi) is 21.5. The number of aryl methyl sites for hydroxylation is 1. The first kappa shape index (κ1) is 43.8. The molecule has 0 bridgehead atoms. The minimum Gasteiger partial charge on any atom is -0.355 e. The Hall–Kier alpha value is -3.19. The molecule has 1 aliphatic carbocycles. The van der Waals surface area contributed by atoms with Gasteiger partial charge in [0.05, 0.1) is 25.3 Å². The highest BCUT2D eigenvalue weighted by atomic mass is 35.5. The lowest BCUT2D eigenvalue weighted by atomic mass is 10.0. The highest BCUT2D eigenvalue weighted by molar-refractivity contribution is 7.97. The fourth-order valence-corrected chi connectivity index (χ4v) is 5.17. The predicted molar refractivity (Wildman–Crippen MR) is 202 cm³/mol. The van der Waals surface area contributed by atoms with E-state index in [1.807, 2.05) is 72.1 Å². The van der Waals surface area contributed by atoms with Crippen molar-refractivity contribution in [1.82, 2.24) is 29.6 Å². The molecule has 1 fully saturated rings. The lowest BCUT2D eigenvalue weighted by molar-refractivity contribution is -0.140. The van der Waals surface area contributed by atoms with Crippen molar-refractivity contribution in [2.75, 3.05) is 47.0 Å². The van der Waals surface area contributed by atoms with Crippen molar-refractivity contribution < 1.29 is 19.2 Å². The number of likely N-dealkylation sites (N-methyl/N-ethyl adjacent to an activating group) is 2. The van der Waals surface area contributed by atoms with Crippen LogP contribution < -0.4 is 16.4 Å². The van der Waals surface area contributed by atoms with E-state index in [2.05, 4.69) is 43.4 Å². The second-order valence-electron chi connectivity index (χ2n) is 13.0. The molecule has 2 atom stereocenters. The van der Waals surface area contributed by atoms with Crippen LogP contribution in [-0.4, -0.2) is 102 Å². The monoisotopic (exact) mass is 719 g/mol. The number of allylic oxidation sites excluding steroid dienone is 2. The molecule has 11 nitrogen and oxygen atoms in total. The molecular weight excluding hydrogens is 662 g/mol. The van der Waals surface area contributed by atoms with Gasteiger partial charge >= 0.3 is 0 Å². The van der Waals surface area contributed by atoms with Crippen LogP contribution >= 0.6 is 23.5 Å². The maximum absolute atomic E-state index is 12.6. The maximum Gasteiger partial charge on any atom is 0.243 e. The average Bonchev–Trinajstić information content (AvgIpc) is 3.78. The number of nitrogens with zero attached hydrogens (tertiary/aromatic N) is 4. The van der Waals surface area contributed by atoms with Crippen LogP contribution in [0.1, 0.15) is 64.9 Å². The van der Waals surface area contributed by atoms with E-state index in [-0.39, 0.29) is 30.2 Å². The summed E-state index contributed by atoms with van der Waals surface area (Å²) in [6.45, 7) is 9.46. The van der Waals surface area contributed by atoms with Crippen LogP contribution in [0.25, 0.3) is 11.1 Å². The molecule has 1 heterocycles. The lowest BCUT2D eigenvalue weighted by Gasteiger charge is -2.29. The Morgan fingerprint density at radius 1 is 1.12 bits per heavy atom. The molecule has 2 aromatic rings. The van der Waals surface area contributed by atoms with E-state index in [0.717, 1.165) is 42.2 Å². The highest BCUT2D eigenvalue weighted by Crippen LogP contribution is 2.32. The van der Waals surface area contributed by atoms with E-state index in [4.69, 9.17) is 17.3 Å². The molecule has 0 saturated heterocycles. The first-order chi connectivity index (χ1) is 23.2. The number of carbonyl (C=O) groups is 4. The van der Waals surface area contributed by atoms with Gasteiger partial charge in [-0.25, -0.2) is 4.09 Å². The first-order valence-electron chi connectivity index (χ1n) is 16.9. The zero-order chi connectivity index (χ0) is 36.9. The van der Waals surface area contributed by atoms with Crippen molar-refractivity contribution in [3.8, 4) is 11.1 Å². The minimum absolute atomic E-state index is 0.00488. The molecule has 0 aliphatic heterocycles. The Morgan fingerprint density at radius 2 is 1.78 bits per heavy atom. The third-order valence-electron chi connectivity index (χ3n) is 7.24. The number of carbonyl (C=O) groups excluding carboxylic acids is 4. The number of nitrogens with two attached hydrogens (primary N) is 1. The molecule has 1 aromatic heterocycles. The van der Waals surface area contributed by atoms with Crippen molar-refractivity contribution in [3.63, 3.8) is 0 Å². The number of halogens is 1. The summed E-state index contributed by atoms with van der Waals surface area (Å²) in [4.78, 5) is 50.3. The van der Waals surface area contributed by atoms with Crippen LogP contribution in [0.4, 0.5) is 0 Å². The summed E-state index contributed by atoms with van der Waals surface area (Å²) in [6.07, 6.45) is 15.1. The summed E-state index contributed by atoms with van der Waals surface area (Å²) in [6, 6.07) is 4.65. The Balaban J connectivity index is 0.000000518. The highest BCUT2D eigenvalue weighted by Gasteiger charge is 2.37. The molecule has 13 heteroatoms. The summed E-state index contributed by atoms with van der Waals surface area (Å²) in [5.41, 5.74) is 9.48. The molecule has 0 radical (unpaired) electrons. The van der Waals surface area contributed by atoms with Crippen LogP contribution in [0, 0.1) is 18.8 Å². The normalized spacial score (nSPS) is 13.6.